The lowest BCUT2D eigenvalue weighted by Gasteiger charge is -2.01. The molecule has 0 N–H and O–H groups in total. The fourth-order valence-electron chi connectivity index (χ4n) is 0.362. The first kappa shape index (κ1) is 10.4. The van der Waals surface area contributed by atoms with Crippen LogP contribution >= 0.6 is 0 Å². The molecule has 0 heterocycles. The van der Waals surface area contributed by atoms with E-state index < -0.39 is 0 Å². The molecule has 0 aromatic heterocycles. The molecule has 0 spiro atoms. The topological polar surface area (TPSA) is 35.5 Å². The number of carbonyl (C=O) groups is 1. The first-order chi connectivity index (χ1) is 5.18. The Kier molecular flexibility index (Phi) is 5.78. The van der Waals surface area contributed by atoms with Crippen LogP contribution in [0.4, 0.5) is 0 Å². The summed E-state index contributed by atoms with van der Waals surface area (Å²) in [5.41, 5.74) is 0.422. The van der Waals surface area contributed by atoms with Crippen LogP contribution in [-0.4, -0.2) is 28.6 Å². The Morgan fingerprint density at radius 1 is 1.64 bits per heavy atom. The van der Waals surface area contributed by atoms with E-state index >= 15 is 0 Å². The molecule has 0 atom stereocenters. The van der Waals surface area contributed by atoms with E-state index in [1.165, 1.54) is 0 Å². The van der Waals surface area contributed by atoms with Crippen molar-refractivity contribution in [2.75, 3.05) is 12.8 Å². The molecule has 0 saturated carbocycles. The van der Waals surface area contributed by atoms with Crippen molar-refractivity contribution in [3.8, 4) is 0 Å². The van der Waals surface area contributed by atoms with Crippen molar-refractivity contribution in [2.24, 2.45) is 0 Å². The Balaban J connectivity index is 3.25. The van der Waals surface area contributed by atoms with Gasteiger partial charge < -0.3 is 9.16 Å². The van der Waals surface area contributed by atoms with E-state index in [1.807, 2.05) is 6.92 Å². The van der Waals surface area contributed by atoms with Gasteiger partial charge in [0.1, 0.15) is 6.23 Å². The van der Waals surface area contributed by atoms with Crippen LogP contribution in [-0.2, 0) is 14.0 Å². The third-order valence-corrected chi connectivity index (χ3v) is 1.61. The second-order valence-corrected chi connectivity index (χ2v) is 2.80. The largest absolute Gasteiger partial charge is 0.464 e. The smallest absolute Gasteiger partial charge is 0.332 e. The highest BCUT2D eigenvalue weighted by molar-refractivity contribution is 6.27. The first-order valence-electron chi connectivity index (χ1n) is 3.35. The minimum atomic E-state index is -0.350. The van der Waals surface area contributed by atoms with Gasteiger partial charge in [-0.2, -0.15) is 0 Å². The minimum Gasteiger partial charge on any atom is -0.464 e. The molecule has 11 heavy (non-hydrogen) atoms. The molecule has 0 aromatic carbocycles. The second-order valence-electron chi connectivity index (χ2n) is 1.93. The molecular weight excluding hydrogens is 160 g/mol. The van der Waals surface area contributed by atoms with Gasteiger partial charge in [-0.25, -0.2) is 4.79 Å². The van der Waals surface area contributed by atoms with Crippen molar-refractivity contribution in [3.63, 3.8) is 0 Å². The van der Waals surface area contributed by atoms with Gasteiger partial charge >= 0.3 is 5.97 Å². The lowest BCUT2D eigenvalue weighted by atomic mass is 10.4. The van der Waals surface area contributed by atoms with E-state index in [0.717, 1.165) is 0 Å². The van der Waals surface area contributed by atoms with Crippen LogP contribution in [0.1, 0.15) is 13.8 Å². The molecule has 0 fully saturated rings. The first-order valence-corrected chi connectivity index (χ1v) is 4.47. The molecule has 0 aliphatic rings. The van der Waals surface area contributed by atoms with Gasteiger partial charge in [-0.05, 0) is 13.8 Å². The Morgan fingerprint density at radius 2 is 2.27 bits per heavy atom. The summed E-state index contributed by atoms with van der Waals surface area (Å²) in [6.45, 7) is 7.61. The summed E-state index contributed by atoms with van der Waals surface area (Å²) in [6, 6.07) is 0. The number of carbonyl (C=O) groups excluding carboxylic acids is 1. The highest BCUT2D eigenvalue weighted by Gasteiger charge is 2.02. The standard InChI is InChI=1S/C7H12O3Si/c1-4-10-11-5-9-7(8)6(2)3/h2,4-5H2,1,3H3. The van der Waals surface area contributed by atoms with Gasteiger partial charge in [0.25, 0.3) is 9.76 Å². The van der Waals surface area contributed by atoms with Gasteiger partial charge in [-0.1, -0.05) is 6.58 Å². The van der Waals surface area contributed by atoms with E-state index in [4.69, 9.17) is 9.16 Å². The summed E-state index contributed by atoms with van der Waals surface area (Å²) in [4.78, 5) is 10.7. The van der Waals surface area contributed by atoms with Crippen LogP contribution in [0.5, 0.6) is 0 Å². The van der Waals surface area contributed by atoms with Gasteiger partial charge in [-0.3, -0.25) is 0 Å². The predicted octanol–water partition coefficient (Wildman–Crippen LogP) is 0.719. The summed E-state index contributed by atoms with van der Waals surface area (Å²) in [7, 11) is 0.234. The second kappa shape index (κ2) is 6.12. The maximum absolute atomic E-state index is 10.7. The van der Waals surface area contributed by atoms with E-state index in [1.54, 1.807) is 6.92 Å². The molecule has 0 aliphatic heterocycles. The lowest BCUT2D eigenvalue weighted by Crippen LogP contribution is -2.13. The monoisotopic (exact) mass is 172 g/mol. The van der Waals surface area contributed by atoms with Crippen molar-refractivity contribution in [1.29, 1.82) is 0 Å². The molecule has 0 aromatic rings. The van der Waals surface area contributed by atoms with Crippen LogP contribution in [0.3, 0.4) is 0 Å². The van der Waals surface area contributed by atoms with Crippen LogP contribution in [0.15, 0.2) is 12.2 Å². The molecule has 62 valence electrons. The fourth-order valence-corrected chi connectivity index (χ4v) is 0.839. The maximum Gasteiger partial charge on any atom is 0.332 e. The fraction of sp³-hybridized carbons (Fsp3) is 0.571. The molecule has 0 rings (SSSR count). The molecule has 0 saturated heterocycles. The van der Waals surface area contributed by atoms with E-state index in [9.17, 15) is 4.79 Å². The zero-order chi connectivity index (χ0) is 8.69. The van der Waals surface area contributed by atoms with Gasteiger partial charge in [0, 0.05) is 12.2 Å². The average molecular weight is 172 g/mol. The van der Waals surface area contributed by atoms with Crippen LogP contribution in [0.2, 0.25) is 0 Å². The Bertz CT molecular complexity index is 145. The number of hydrogen-bond donors (Lipinski definition) is 0. The number of esters is 1. The summed E-state index contributed by atoms with van der Waals surface area (Å²) >= 11 is 0. The molecule has 0 aliphatic carbocycles. The summed E-state index contributed by atoms with van der Waals surface area (Å²) < 4.78 is 9.74. The molecule has 0 unspecified atom stereocenters. The highest BCUT2D eigenvalue weighted by atomic mass is 28.2. The van der Waals surface area contributed by atoms with Gasteiger partial charge in [-0.15, -0.1) is 0 Å². The lowest BCUT2D eigenvalue weighted by molar-refractivity contribution is -0.137. The zero-order valence-electron chi connectivity index (χ0n) is 6.85. The summed E-state index contributed by atoms with van der Waals surface area (Å²) in [5, 5.41) is 0. The maximum atomic E-state index is 10.7. The molecule has 4 heteroatoms. The van der Waals surface area contributed by atoms with Crippen molar-refractivity contribution in [2.45, 2.75) is 13.8 Å². The van der Waals surface area contributed by atoms with Crippen LogP contribution in [0.25, 0.3) is 0 Å². The van der Waals surface area contributed by atoms with Gasteiger partial charge in [0.15, 0.2) is 0 Å². The quantitative estimate of drug-likeness (QED) is 0.265. The normalized spacial score (nSPS) is 9.27. The van der Waals surface area contributed by atoms with Crippen molar-refractivity contribution in [3.05, 3.63) is 12.2 Å². The Morgan fingerprint density at radius 3 is 2.73 bits per heavy atom. The summed E-state index contributed by atoms with van der Waals surface area (Å²) in [5.74, 6) is -0.350. The van der Waals surface area contributed by atoms with Crippen LogP contribution in [0, 0.1) is 0 Å². The predicted molar refractivity (Wildman–Crippen MR) is 43.2 cm³/mol. The minimum absolute atomic E-state index is 0.234. The summed E-state index contributed by atoms with van der Waals surface area (Å²) in [6.07, 6.45) is 0.333. The van der Waals surface area contributed by atoms with E-state index in [-0.39, 0.29) is 15.7 Å². The third kappa shape index (κ3) is 5.81. The number of rotatable bonds is 5. The van der Waals surface area contributed by atoms with Gasteiger partial charge in [0.05, 0.1) is 0 Å². The molecular formula is C7H12O3Si. The molecule has 3 nitrogen and oxygen atoms in total. The molecule has 0 amide bonds. The van der Waals surface area contributed by atoms with E-state index in [0.29, 0.717) is 18.4 Å². The Labute approximate surface area is 69.3 Å². The molecule has 0 bridgehead atoms. The SMILES string of the molecule is C=C(C)C(=O)OC[Si]OCC. The highest BCUT2D eigenvalue weighted by Crippen LogP contribution is 1.90. The van der Waals surface area contributed by atoms with Crippen molar-refractivity contribution in [1.82, 2.24) is 0 Å². The van der Waals surface area contributed by atoms with E-state index in [2.05, 4.69) is 6.58 Å². The van der Waals surface area contributed by atoms with Crippen molar-refractivity contribution < 1.29 is 14.0 Å². The van der Waals surface area contributed by atoms with Gasteiger partial charge in [0.2, 0.25) is 0 Å². The number of ether oxygens (including phenoxy) is 1. The average Bonchev–Trinajstić information content (AvgIpc) is 1.97. The Hall–Kier alpha value is -0.613. The zero-order valence-corrected chi connectivity index (χ0v) is 7.85. The third-order valence-electron chi connectivity index (χ3n) is 0.857. The number of hydrogen-bond acceptors (Lipinski definition) is 3. The van der Waals surface area contributed by atoms with Crippen LogP contribution < -0.4 is 0 Å². The van der Waals surface area contributed by atoms with Crippen molar-refractivity contribution >= 4 is 15.7 Å². The molecule has 2 radical (unpaired) electrons.